The Balaban J connectivity index is 1.59. The monoisotopic (exact) mass is 526 g/mol. The molecule has 0 radical (unpaired) electrons. The molecule has 0 aliphatic carbocycles. The first kappa shape index (κ1) is 26.4. The second-order valence-electron chi connectivity index (χ2n) is 8.53. The second-order valence-corrected chi connectivity index (χ2v) is 11.8. The number of thioether (sulfide) groups is 1. The molecule has 0 saturated carbocycles. The van der Waals surface area contributed by atoms with E-state index in [0.29, 0.717) is 50.1 Å². The molecule has 2 fully saturated rings. The van der Waals surface area contributed by atoms with Crippen LogP contribution in [0.25, 0.3) is 11.0 Å². The molecule has 12 heteroatoms. The highest BCUT2D eigenvalue weighted by Crippen LogP contribution is 2.30. The van der Waals surface area contributed by atoms with Crippen LogP contribution in [0.2, 0.25) is 0 Å². The van der Waals surface area contributed by atoms with Crippen LogP contribution in [-0.2, 0) is 35.6 Å². The van der Waals surface area contributed by atoms with Gasteiger partial charge in [-0.2, -0.15) is 4.31 Å². The van der Waals surface area contributed by atoms with E-state index in [4.69, 9.17) is 19.2 Å². The van der Waals surface area contributed by atoms with E-state index in [0.717, 1.165) is 44.8 Å². The highest BCUT2D eigenvalue weighted by atomic mass is 32.2. The minimum Gasteiger partial charge on any atom is -0.465 e. The van der Waals surface area contributed by atoms with E-state index in [1.165, 1.54) is 16.1 Å². The van der Waals surface area contributed by atoms with Gasteiger partial charge >= 0.3 is 5.97 Å². The van der Waals surface area contributed by atoms with Gasteiger partial charge in [-0.25, -0.2) is 13.4 Å². The molecule has 3 heterocycles. The molecule has 0 amide bonds. The lowest BCUT2D eigenvalue weighted by Gasteiger charge is -2.26. The van der Waals surface area contributed by atoms with Crippen LogP contribution in [0.3, 0.4) is 0 Å². The van der Waals surface area contributed by atoms with Crippen molar-refractivity contribution in [1.29, 1.82) is 0 Å². The molecule has 2 aliphatic rings. The van der Waals surface area contributed by atoms with Crippen LogP contribution in [0.5, 0.6) is 0 Å². The van der Waals surface area contributed by atoms with Gasteiger partial charge in [0.2, 0.25) is 10.0 Å². The van der Waals surface area contributed by atoms with Crippen molar-refractivity contribution in [2.75, 3.05) is 65.8 Å². The van der Waals surface area contributed by atoms with Gasteiger partial charge in [0.25, 0.3) is 0 Å². The number of esters is 1. The Morgan fingerprint density at radius 3 is 2.49 bits per heavy atom. The number of carbonyl (C=O) groups is 1. The maximum atomic E-state index is 13.2. The fourth-order valence-corrected chi connectivity index (χ4v) is 6.61. The van der Waals surface area contributed by atoms with Gasteiger partial charge < -0.3 is 18.8 Å². The maximum absolute atomic E-state index is 13.2. The Hall–Kier alpha value is -1.70. The molecule has 0 unspecified atom stereocenters. The molecule has 2 aliphatic heterocycles. The van der Waals surface area contributed by atoms with Crippen molar-refractivity contribution in [3.8, 4) is 0 Å². The van der Waals surface area contributed by atoms with E-state index in [1.807, 2.05) is 6.07 Å². The SMILES string of the molecule is CCOC(=O)[C@H](C)Sc1nc2cc(S(=O)(=O)N3CCOCC3)ccc2n1CCCN1CCOCC1. The summed E-state index contributed by atoms with van der Waals surface area (Å²) < 4.78 is 45.8. The molecule has 2 aromatic rings. The fourth-order valence-electron chi connectivity index (χ4n) is 4.23. The van der Waals surface area contributed by atoms with Gasteiger partial charge in [0.1, 0.15) is 5.25 Å². The summed E-state index contributed by atoms with van der Waals surface area (Å²) in [5.41, 5.74) is 1.45. The van der Waals surface area contributed by atoms with Crippen LogP contribution in [0.1, 0.15) is 20.3 Å². The highest BCUT2D eigenvalue weighted by Gasteiger charge is 2.28. The van der Waals surface area contributed by atoms with Crippen LogP contribution in [0.4, 0.5) is 0 Å². The molecule has 10 nitrogen and oxygen atoms in total. The van der Waals surface area contributed by atoms with Gasteiger partial charge in [-0.1, -0.05) is 11.8 Å². The first-order valence-corrected chi connectivity index (χ1v) is 14.4. The summed E-state index contributed by atoms with van der Waals surface area (Å²) in [6.45, 7) is 10.4. The summed E-state index contributed by atoms with van der Waals surface area (Å²) in [5.74, 6) is -0.292. The average Bonchev–Trinajstić information content (AvgIpc) is 3.21. The van der Waals surface area contributed by atoms with Gasteiger partial charge in [-0.15, -0.1) is 0 Å². The Kier molecular flexibility index (Phi) is 9.06. The Morgan fingerprint density at radius 1 is 1.11 bits per heavy atom. The van der Waals surface area contributed by atoms with Crippen LogP contribution < -0.4 is 0 Å². The number of benzene rings is 1. The van der Waals surface area contributed by atoms with Gasteiger partial charge in [0.05, 0.1) is 49.0 Å². The Morgan fingerprint density at radius 2 is 1.80 bits per heavy atom. The summed E-state index contributed by atoms with van der Waals surface area (Å²) in [6.07, 6.45) is 0.903. The summed E-state index contributed by atoms with van der Waals surface area (Å²) in [6, 6.07) is 5.11. The summed E-state index contributed by atoms with van der Waals surface area (Å²) in [5, 5.41) is 0.254. The molecule has 1 aromatic carbocycles. The van der Waals surface area contributed by atoms with E-state index in [2.05, 4.69) is 9.47 Å². The van der Waals surface area contributed by atoms with Crippen LogP contribution in [0.15, 0.2) is 28.3 Å². The molecule has 0 bridgehead atoms. The maximum Gasteiger partial charge on any atom is 0.319 e. The molecule has 2 saturated heterocycles. The van der Waals surface area contributed by atoms with Crippen LogP contribution in [0, 0.1) is 0 Å². The summed E-state index contributed by atoms with van der Waals surface area (Å²) in [4.78, 5) is 19.6. The molecule has 0 spiro atoms. The quantitative estimate of drug-likeness (QED) is 0.339. The first-order valence-electron chi connectivity index (χ1n) is 12.1. The average molecular weight is 527 g/mol. The third kappa shape index (κ3) is 6.36. The molecule has 1 atom stereocenters. The minimum absolute atomic E-state index is 0.222. The number of morpholine rings is 2. The summed E-state index contributed by atoms with van der Waals surface area (Å²) >= 11 is 1.34. The molecular weight excluding hydrogens is 492 g/mol. The third-order valence-corrected chi connectivity index (χ3v) is 9.12. The molecule has 194 valence electrons. The van der Waals surface area contributed by atoms with Crippen molar-refractivity contribution in [1.82, 2.24) is 18.8 Å². The molecule has 35 heavy (non-hydrogen) atoms. The van der Waals surface area contributed by atoms with E-state index >= 15 is 0 Å². The van der Waals surface area contributed by atoms with Crippen molar-refractivity contribution in [2.24, 2.45) is 0 Å². The van der Waals surface area contributed by atoms with Gasteiger partial charge in [0.15, 0.2) is 5.16 Å². The molecule has 1 aromatic heterocycles. The lowest BCUT2D eigenvalue weighted by atomic mass is 10.3. The van der Waals surface area contributed by atoms with Crippen LogP contribution >= 0.6 is 11.8 Å². The van der Waals surface area contributed by atoms with Crippen molar-refractivity contribution in [3.63, 3.8) is 0 Å². The normalized spacial score (nSPS) is 19.1. The number of ether oxygens (including phenoxy) is 3. The van der Waals surface area contributed by atoms with Crippen molar-refractivity contribution in [3.05, 3.63) is 18.2 Å². The topological polar surface area (TPSA) is 103 Å². The predicted molar refractivity (Wildman–Crippen MR) is 133 cm³/mol. The number of carbonyl (C=O) groups excluding carboxylic acids is 1. The molecular formula is C23H34N4O6S2. The van der Waals surface area contributed by atoms with E-state index < -0.39 is 15.3 Å². The number of imidazole rings is 1. The van der Waals surface area contributed by atoms with Crippen LogP contribution in [-0.4, -0.2) is 104 Å². The number of hydrogen-bond donors (Lipinski definition) is 0. The lowest BCUT2D eigenvalue weighted by molar-refractivity contribution is -0.142. The van der Waals surface area contributed by atoms with Gasteiger partial charge in [-0.3, -0.25) is 9.69 Å². The number of sulfonamides is 1. The second kappa shape index (κ2) is 12.0. The molecule has 4 rings (SSSR count). The first-order chi connectivity index (χ1) is 16.9. The van der Waals surface area contributed by atoms with E-state index in [-0.39, 0.29) is 10.9 Å². The Labute approximate surface area is 210 Å². The van der Waals surface area contributed by atoms with Crippen molar-refractivity contribution in [2.45, 2.75) is 42.1 Å². The van der Waals surface area contributed by atoms with Gasteiger partial charge in [-0.05, 0) is 38.5 Å². The number of fused-ring (bicyclic) bond motifs is 1. The third-order valence-electron chi connectivity index (χ3n) is 6.15. The number of aromatic nitrogens is 2. The summed E-state index contributed by atoms with van der Waals surface area (Å²) in [7, 11) is -3.63. The molecule has 0 N–H and O–H groups in total. The Bertz CT molecular complexity index is 1110. The number of rotatable bonds is 10. The number of aryl methyl sites for hydroxylation is 1. The fraction of sp³-hybridized carbons (Fsp3) is 0.652. The largest absolute Gasteiger partial charge is 0.465 e. The zero-order chi connectivity index (χ0) is 24.8. The zero-order valence-electron chi connectivity index (χ0n) is 20.3. The standard InChI is InChI=1S/C23H34N4O6S2/c1-3-33-22(28)18(2)34-23-24-20-17-19(35(29,30)26-11-15-32-16-12-26)5-6-21(20)27(23)8-4-7-25-9-13-31-14-10-25/h5-6,17-18H,3-4,7-16H2,1-2H3/t18-/m0/s1. The lowest BCUT2D eigenvalue weighted by Crippen LogP contribution is -2.40. The van der Waals surface area contributed by atoms with E-state index in [1.54, 1.807) is 26.0 Å². The minimum atomic E-state index is -3.63. The highest BCUT2D eigenvalue weighted by molar-refractivity contribution is 8.00. The zero-order valence-corrected chi connectivity index (χ0v) is 22.0. The van der Waals surface area contributed by atoms with Gasteiger partial charge in [0, 0.05) is 39.3 Å². The van der Waals surface area contributed by atoms with Crippen molar-refractivity contribution < 1.29 is 27.4 Å². The smallest absolute Gasteiger partial charge is 0.319 e. The van der Waals surface area contributed by atoms with E-state index in [9.17, 15) is 13.2 Å². The predicted octanol–water partition coefficient (Wildman–Crippen LogP) is 1.82. The number of hydrogen-bond acceptors (Lipinski definition) is 9. The van der Waals surface area contributed by atoms with Crippen molar-refractivity contribution >= 4 is 38.8 Å². The number of nitrogens with zero attached hydrogens (tertiary/aromatic N) is 4.